The van der Waals surface area contributed by atoms with Gasteiger partial charge in [0.2, 0.25) is 0 Å². The third-order valence-electron chi connectivity index (χ3n) is 0.969. The van der Waals surface area contributed by atoms with E-state index in [0.29, 0.717) is 0 Å². The van der Waals surface area contributed by atoms with Gasteiger partial charge < -0.3 is 44.7 Å². The molecule has 0 rings (SSSR count). The summed E-state index contributed by atoms with van der Waals surface area (Å²) in [6, 6.07) is 0. The normalized spacial score (nSPS) is 6.35. The standard InChI is InChI=1S/C3H6O2.4C3H4O2.Zr/c5*1-2-3(4)5;/h2H2,1H3,(H,4,5);4*2H,1H2,(H,4,5);/q;;;;;+4/p-4. The van der Waals surface area contributed by atoms with Crippen molar-refractivity contribution in [2.45, 2.75) is 13.3 Å². The zero-order valence-corrected chi connectivity index (χ0v) is 16.4. The van der Waals surface area contributed by atoms with Crippen LogP contribution in [0.4, 0.5) is 0 Å². The summed E-state index contributed by atoms with van der Waals surface area (Å²) < 4.78 is 0. The van der Waals surface area contributed by atoms with Crippen LogP contribution in [0.5, 0.6) is 0 Å². The fraction of sp³-hybridized carbons (Fsp3) is 0.133. The molecular formula is C15H18O10Zr. The smallest absolute Gasteiger partial charge is 0.545 e. The number of carboxylic acids is 5. The summed E-state index contributed by atoms with van der Waals surface area (Å²) in [7, 11) is 0. The number of carbonyl (C=O) groups is 5. The Bertz CT molecular complexity index is 397. The minimum Gasteiger partial charge on any atom is -0.545 e. The molecule has 0 heterocycles. The molecular weight excluding hydrogens is 431 g/mol. The number of aliphatic carboxylic acids is 5. The average molecular weight is 450 g/mol. The van der Waals surface area contributed by atoms with Crippen LogP contribution in [-0.4, -0.2) is 35.0 Å². The van der Waals surface area contributed by atoms with Crippen LogP contribution in [0.15, 0.2) is 50.6 Å². The van der Waals surface area contributed by atoms with E-state index >= 15 is 0 Å². The van der Waals surface area contributed by atoms with Crippen LogP contribution in [0, 0.1) is 0 Å². The van der Waals surface area contributed by atoms with Crippen LogP contribution in [0.1, 0.15) is 13.3 Å². The molecule has 0 aliphatic heterocycles. The predicted molar refractivity (Wildman–Crippen MR) is 78.7 cm³/mol. The van der Waals surface area contributed by atoms with Crippen molar-refractivity contribution in [1.29, 1.82) is 0 Å². The maximum atomic E-state index is 9.37. The van der Waals surface area contributed by atoms with Crippen molar-refractivity contribution in [2.24, 2.45) is 0 Å². The summed E-state index contributed by atoms with van der Waals surface area (Å²) in [5.74, 6) is -5.67. The second-order valence-corrected chi connectivity index (χ2v) is 2.84. The van der Waals surface area contributed by atoms with Gasteiger partial charge in [-0.05, 0) is 24.3 Å². The van der Waals surface area contributed by atoms with Gasteiger partial charge in [0.1, 0.15) is 0 Å². The maximum Gasteiger partial charge on any atom is 4.00 e. The molecule has 0 aromatic rings. The van der Waals surface area contributed by atoms with E-state index in [0.717, 1.165) is 24.3 Å². The van der Waals surface area contributed by atoms with Crippen LogP contribution in [-0.2, 0) is 50.2 Å². The van der Waals surface area contributed by atoms with Gasteiger partial charge in [-0.15, -0.1) is 0 Å². The summed E-state index contributed by atoms with van der Waals surface area (Å²) in [5, 5.41) is 44.3. The molecule has 0 amide bonds. The van der Waals surface area contributed by atoms with E-state index in [-0.39, 0.29) is 32.6 Å². The zero-order chi connectivity index (χ0) is 21.4. The molecule has 0 aromatic carbocycles. The Kier molecular flexibility index (Phi) is 50.1. The van der Waals surface area contributed by atoms with E-state index in [1.807, 2.05) is 0 Å². The average Bonchev–Trinajstić information content (AvgIpc) is 2.56. The predicted octanol–water partition coefficient (Wildman–Crippen LogP) is -3.83. The molecule has 0 aliphatic rings. The van der Waals surface area contributed by atoms with E-state index in [1.54, 1.807) is 6.92 Å². The summed E-state index contributed by atoms with van der Waals surface area (Å²) >= 11 is 0. The molecule has 142 valence electrons. The van der Waals surface area contributed by atoms with Gasteiger partial charge in [-0.2, -0.15) is 0 Å². The molecule has 0 radical (unpaired) electrons. The molecule has 0 unspecified atom stereocenters. The molecule has 0 spiro atoms. The minimum absolute atomic E-state index is 0. The summed E-state index contributed by atoms with van der Waals surface area (Å²) in [6.45, 7) is 13.2. The quantitative estimate of drug-likeness (QED) is 0.406. The fourth-order valence-corrected chi connectivity index (χ4v) is 0. The van der Waals surface area contributed by atoms with Gasteiger partial charge >= 0.3 is 32.2 Å². The molecule has 0 bridgehead atoms. The SMILES string of the molecule is C=CC(=O)[O-].C=CC(=O)[O-].C=CC(=O)[O-].C=CC(=O)[O-].CCC(=O)O.[Zr+4]. The first kappa shape index (κ1) is 38.6. The Labute approximate surface area is 169 Å². The largest absolute Gasteiger partial charge is 4.00 e. The van der Waals surface area contributed by atoms with E-state index in [2.05, 4.69) is 26.3 Å². The Morgan fingerprint density at radius 3 is 0.769 bits per heavy atom. The monoisotopic (exact) mass is 448 g/mol. The first-order chi connectivity index (χ1) is 11.4. The second kappa shape index (κ2) is 33.7. The van der Waals surface area contributed by atoms with Gasteiger partial charge in [-0.3, -0.25) is 4.79 Å². The van der Waals surface area contributed by atoms with Gasteiger partial charge in [-0.1, -0.05) is 33.2 Å². The molecule has 26 heavy (non-hydrogen) atoms. The third-order valence-corrected chi connectivity index (χ3v) is 0.969. The number of carboxylic acid groups (broad SMARTS) is 5. The molecule has 1 N–H and O–H groups in total. The van der Waals surface area contributed by atoms with E-state index in [1.165, 1.54) is 0 Å². The van der Waals surface area contributed by atoms with Gasteiger partial charge in [-0.25, -0.2) is 0 Å². The van der Waals surface area contributed by atoms with Crippen LogP contribution >= 0.6 is 0 Å². The van der Waals surface area contributed by atoms with Crippen molar-refractivity contribution < 1.29 is 75.7 Å². The summed E-state index contributed by atoms with van der Waals surface area (Å²) in [5.41, 5.74) is 0. The first-order valence-electron chi connectivity index (χ1n) is 5.91. The van der Waals surface area contributed by atoms with Crippen molar-refractivity contribution in [1.82, 2.24) is 0 Å². The van der Waals surface area contributed by atoms with Gasteiger partial charge in [0.15, 0.2) is 0 Å². The Balaban J connectivity index is -0.0000000476. The third kappa shape index (κ3) is 167. The molecule has 0 fully saturated rings. The number of rotatable bonds is 5. The van der Waals surface area contributed by atoms with Crippen LogP contribution in [0.25, 0.3) is 0 Å². The molecule has 10 nitrogen and oxygen atoms in total. The molecule has 0 aromatic heterocycles. The molecule has 11 heteroatoms. The topological polar surface area (TPSA) is 198 Å². The molecule has 0 saturated carbocycles. The first-order valence-corrected chi connectivity index (χ1v) is 5.91. The van der Waals surface area contributed by atoms with Gasteiger partial charge in [0, 0.05) is 6.42 Å². The Hall–Kier alpha value is -2.81. The molecule has 0 atom stereocenters. The number of carbonyl (C=O) groups excluding carboxylic acids is 4. The molecule has 0 aliphatic carbocycles. The van der Waals surface area contributed by atoms with Gasteiger partial charge in [0.25, 0.3) is 0 Å². The Morgan fingerprint density at radius 2 is 0.769 bits per heavy atom. The number of hydrogen-bond acceptors (Lipinski definition) is 9. The fourth-order valence-electron chi connectivity index (χ4n) is 0. The van der Waals surface area contributed by atoms with Gasteiger partial charge in [0.05, 0.1) is 23.9 Å². The van der Waals surface area contributed by atoms with E-state index < -0.39 is 29.8 Å². The van der Waals surface area contributed by atoms with Crippen molar-refractivity contribution >= 4 is 29.8 Å². The second-order valence-electron chi connectivity index (χ2n) is 2.84. The zero-order valence-electron chi connectivity index (χ0n) is 14.0. The van der Waals surface area contributed by atoms with Crippen molar-refractivity contribution in [3.05, 3.63) is 50.6 Å². The minimum atomic E-state index is -1.23. The van der Waals surface area contributed by atoms with Crippen LogP contribution < -0.4 is 20.4 Å². The van der Waals surface area contributed by atoms with E-state index in [9.17, 15) is 4.79 Å². The summed E-state index contributed by atoms with van der Waals surface area (Å²) in [4.78, 5) is 45.9. The Morgan fingerprint density at radius 1 is 0.692 bits per heavy atom. The number of hydrogen-bond donors (Lipinski definition) is 1. The van der Waals surface area contributed by atoms with Crippen LogP contribution in [0.3, 0.4) is 0 Å². The van der Waals surface area contributed by atoms with Crippen molar-refractivity contribution in [3.8, 4) is 0 Å². The molecule has 0 saturated heterocycles. The summed E-state index contributed by atoms with van der Waals surface area (Å²) in [6.07, 6.45) is 3.11. The van der Waals surface area contributed by atoms with Crippen LogP contribution in [0.2, 0.25) is 0 Å². The maximum absolute atomic E-state index is 9.37. The van der Waals surface area contributed by atoms with E-state index in [4.69, 9.17) is 44.7 Å². The van der Waals surface area contributed by atoms with Crippen molar-refractivity contribution in [2.75, 3.05) is 0 Å². The van der Waals surface area contributed by atoms with Crippen molar-refractivity contribution in [3.63, 3.8) is 0 Å².